The molecule has 1 saturated carbocycles. The SMILES string of the molecule is CCOCCC(C)(CO)NC1CC1. The smallest absolute Gasteiger partial charge is 0.0611 e. The first-order valence-corrected chi connectivity index (χ1v) is 5.16. The van der Waals surface area contributed by atoms with Gasteiger partial charge in [-0.05, 0) is 33.1 Å². The van der Waals surface area contributed by atoms with Crippen molar-refractivity contribution < 1.29 is 9.84 Å². The monoisotopic (exact) mass is 187 g/mol. The van der Waals surface area contributed by atoms with E-state index in [4.69, 9.17) is 4.74 Å². The van der Waals surface area contributed by atoms with Gasteiger partial charge in [0.05, 0.1) is 6.61 Å². The second kappa shape index (κ2) is 4.94. The van der Waals surface area contributed by atoms with Gasteiger partial charge in [0.2, 0.25) is 0 Å². The van der Waals surface area contributed by atoms with Gasteiger partial charge < -0.3 is 15.2 Å². The van der Waals surface area contributed by atoms with Gasteiger partial charge in [-0.2, -0.15) is 0 Å². The van der Waals surface area contributed by atoms with Crippen molar-refractivity contribution >= 4 is 0 Å². The molecule has 1 atom stereocenters. The van der Waals surface area contributed by atoms with E-state index < -0.39 is 0 Å². The molecule has 0 aromatic heterocycles. The van der Waals surface area contributed by atoms with Crippen molar-refractivity contribution in [2.75, 3.05) is 19.8 Å². The molecule has 3 nitrogen and oxygen atoms in total. The lowest BCUT2D eigenvalue weighted by atomic mass is 9.99. The lowest BCUT2D eigenvalue weighted by molar-refractivity contribution is 0.0929. The zero-order chi connectivity index (χ0) is 9.73. The van der Waals surface area contributed by atoms with Crippen LogP contribution in [0.4, 0.5) is 0 Å². The molecule has 0 bridgehead atoms. The Morgan fingerprint density at radius 1 is 1.54 bits per heavy atom. The average molecular weight is 187 g/mol. The Hall–Kier alpha value is -0.120. The highest BCUT2D eigenvalue weighted by atomic mass is 16.5. The predicted molar refractivity (Wildman–Crippen MR) is 52.8 cm³/mol. The van der Waals surface area contributed by atoms with Crippen LogP contribution in [0, 0.1) is 0 Å². The molecule has 1 aliphatic carbocycles. The topological polar surface area (TPSA) is 41.5 Å². The first-order valence-electron chi connectivity index (χ1n) is 5.16. The number of ether oxygens (including phenoxy) is 1. The van der Waals surface area contributed by atoms with Crippen molar-refractivity contribution in [1.29, 1.82) is 0 Å². The highest BCUT2D eigenvalue weighted by Gasteiger charge is 2.31. The van der Waals surface area contributed by atoms with Crippen molar-refractivity contribution in [2.45, 2.75) is 44.7 Å². The summed E-state index contributed by atoms with van der Waals surface area (Å²) < 4.78 is 5.28. The second-order valence-electron chi connectivity index (χ2n) is 4.08. The number of nitrogens with one attached hydrogen (secondary N) is 1. The Balaban J connectivity index is 2.20. The minimum absolute atomic E-state index is 0.143. The van der Waals surface area contributed by atoms with Crippen LogP contribution in [0.25, 0.3) is 0 Å². The summed E-state index contributed by atoms with van der Waals surface area (Å²) in [5, 5.41) is 12.7. The largest absolute Gasteiger partial charge is 0.394 e. The summed E-state index contributed by atoms with van der Waals surface area (Å²) in [7, 11) is 0. The summed E-state index contributed by atoms with van der Waals surface area (Å²) in [6.45, 7) is 5.73. The zero-order valence-electron chi connectivity index (χ0n) is 8.68. The van der Waals surface area contributed by atoms with Crippen LogP contribution in [0.5, 0.6) is 0 Å². The summed E-state index contributed by atoms with van der Waals surface area (Å²) in [5.41, 5.74) is -0.143. The molecule has 0 radical (unpaired) electrons. The Bertz CT molecular complexity index is 148. The molecular weight excluding hydrogens is 166 g/mol. The van der Waals surface area contributed by atoms with E-state index in [0.717, 1.165) is 19.6 Å². The molecule has 1 rings (SSSR count). The van der Waals surface area contributed by atoms with E-state index in [9.17, 15) is 5.11 Å². The quantitative estimate of drug-likeness (QED) is 0.582. The lowest BCUT2D eigenvalue weighted by Gasteiger charge is -2.28. The van der Waals surface area contributed by atoms with Gasteiger partial charge in [0.25, 0.3) is 0 Å². The normalized spacial score (nSPS) is 21.5. The molecular formula is C10H21NO2. The van der Waals surface area contributed by atoms with Crippen LogP contribution >= 0.6 is 0 Å². The van der Waals surface area contributed by atoms with E-state index >= 15 is 0 Å². The second-order valence-corrected chi connectivity index (χ2v) is 4.08. The minimum atomic E-state index is -0.143. The van der Waals surface area contributed by atoms with E-state index in [1.807, 2.05) is 6.92 Å². The third-order valence-electron chi connectivity index (χ3n) is 2.48. The van der Waals surface area contributed by atoms with Crippen LogP contribution in [-0.4, -0.2) is 36.5 Å². The van der Waals surface area contributed by atoms with Crippen LogP contribution < -0.4 is 5.32 Å². The van der Waals surface area contributed by atoms with Gasteiger partial charge in [-0.3, -0.25) is 0 Å². The standard InChI is InChI=1S/C10H21NO2/c1-3-13-7-6-10(2,8-12)11-9-4-5-9/h9,11-12H,3-8H2,1-2H3. The maximum Gasteiger partial charge on any atom is 0.0611 e. The van der Waals surface area contributed by atoms with Gasteiger partial charge in [0.1, 0.15) is 0 Å². The summed E-state index contributed by atoms with van der Waals surface area (Å²) in [6, 6.07) is 0.638. The molecule has 78 valence electrons. The Labute approximate surface area is 80.5 Å². The van der Waals surface area contributed by atoms with Gasteiger partial charge in [0, 0.05) is 24.8 Å². The number of rotatable bonds is 7. The maximum absolute atomic E-state index is 9.24. The third kappa shape index (κ3) is 4.07. The molecule has 1 fully saturated rings. The molecule has 0 aliphatic heterocycles. The van der Waals surface area contributed by atoms with Crippen molar-refractivity contribution in [3.05, 3.63) is 0 Å². The fourth-order valence-corrected chi connectivity index (χ4v) is 1.36. The summed E-state index contributed by atoms with van der Waals surface area (Å²) in [4.78, 5) is 0. The molecule has 1 aliphatic rings. The highest BCUT2D eigenvalue weighted by Crippen LogP contribution is 2.23. The van der Waals surface area contributed by atoms with E-state index in [-0.39, 0.29) is 12.1 Å². The minimum Gasteiger partial charge on any atom is -0.394 e. The van der Waals surface area contributed by atoms with E-state index in [1.54, 1.807) is 0 Å². The molecule has 1 unspecified atom stereocenters. The van der Waals surface area contributed by atoms with Crippen molar-refractivity contribution in [2.24, 2.45) is 0 Å². The molecule has 0 heterocycles. The van der Waals surface area contributed by atoms with Crippen molar-refractivity contribution in [3.8, 4) is 0 Å². The molecule has 0 amide bonds. The van der Waals surface area contributed by atoms with Crippen LogP contribution in [0.2, 0.25) is 0 Å². The fourth-order valence-electron chi connectivity index (χ4n) is 1.36. The predicted octanol–water partition coefficient (Wildman–Crippen LogP) is 0.916. The molecule has 0 aromatic carbocycles. The maximum atomic E-state index is 9.24. The molecule has 2 N–H and O–H groups in total. The highest BCUT2D eigenvalue weighted by molar-refractivity contribution is 4.92. The van der Waals surface area contributed by atoms with Crippen LogP contribution in [-0.2, 0) is 4.74 Å². The summed E-state index contributed by atoms with van der Waals surface area (Å²) in [6.07, 6.45) is 3.39. The Morgan fingerprint density at radius 3 is 2.69 bits per heavy atom. The first kappa shape index (κ1) is 11.0. The lowest BCUT2D eigenvalue weighted by Crippen LogP contribution is -2.47. The van der Waals surface area contributed by atoms with Gasteiger partial charge >= 0.3 is 0 Å². The molecule has 0 aromatic rings. The summed E-state index contributed by atoms with van der Waals surface area (Å²) in [5.74, 6) is 0. The Kier molecular flexibility index (Phi) is 4.16. The van der Waals surface area contributed by atoms with Crippen LogP contribution in [0.3, 0.4) is 0 Å². The number of aliphatic hydroxyl groups is 1. The molecule has 0 saturated heterocycles. The first-order chi connectivity index (χ1) is 6.20. The number of hydrogen-bond donors (Lipinski definition) is 2. The molecule has 0 spiro atoms. The number of aliphatic hydroxyl groups excluding tert-OH is 1. The van der Waals surface area contributed by atoms with Gasteiger partial charge in [-0.25, -0.2) is 0 Å². The summed E-state index contributed by atoms with van der Waals surface area (Å²) >= 11 is 0. The van der Waals surface area contributed by atoms with Crippen molar-refractivity contribution in [1.82, 2.24) is 5.32 Å². The third-order valence-corrected chi connectivity index (χ3v) is 2.48. The van der Waals surface area contributed by atoms with E-state index in [0.29, 0.717) is 6.04 Å². The Morgan fingerprint density at radius 2 is 2.23 bits per heavy atom. The average Bonchev–Trinajstić information content (AvgIpc) is 2.89. The van der Waals surface area contributed by atoms with Gasteiger partial charge in [-0.15, -0.1) is 0 Å². The molecule has 3 heteroatoms. The van der Waals surface area contributed by atoms with Gasteiger partial charge in [0.15, 0.2) is 0 Å². The molecule has 13 heavy (non-hydrogen) atoms. The number of hydrogen-bond acceptors (Lipinski definition) is 3. The van der Waals surface area contributed by atoms with E-state index in [1.165, 1.54) is 12.8 Å². The van der Waals surface area contributed by atoms with Crippen LogP contribution in [0.1, 0.15) is 33.1 Å². The fraction of sp³-hybridized carbons (Fsp3) is 1.00. The van der Waals surface area contributed by atoms with Gasteiger partial charge in [-0.1, -0.05) is 0 Å². The van der Waals surface area contributed by atoms with Crippen molar-refractivity contribution in [3.63, 3.8) is 0 Å². The van der Waals surface area contributed by atoms with E-state index in [2.05, 4.69) is 12.2 Å². The van der Waals surface area contributed by atoms with Crippen LogP contribution in [0.15, 0.2) is 0 Å². The zero-order valence-corrected chi connectivity index (χ0v) is 8.68.